The minimum absolute atomic E-state index is 0.682. The Morgan fingerprint density at radius 1 is 1.47 bits per heavy atom. The molecule has 3 aromatic rings. The number of H-pyrrole nitrogens is 1. The van der Waals surface area contributed by atoms with Crippen LogP contribution < -0.4 is 0 Å². The fraction of sp³-hybridized carbons (Fsp3) is 0.0909. The number of rotatable bonds is 2. The van der Waals surface area contributed by atoms with Crippen LogP contribution in [0, 0.1) is 4.77 Å². The van der Waals surface area contributed by atoms with E-state index in [4.69, 9.17) is 23.8 Å². The number of nitrogens with zero attached hydrogens (tertiary/aromatic N) is 2. The van der Waals surface area contributed by atoms with E-state index in [0.717, 1.165) is 15.9 Å². The fourth-order valence-electron chi connectivity index (χ4n) is 1.80. The van der Waals surface area contributed by atoms with Gasteiger partial charge in [0.05, 0.1) is 28.1 Å². The highest BCUT2D eigenvalue weighted by molar-refractivity contribution is 7.71. The highest BCUT2D eigenvalue weighted by Crippen LogP contribution is 2.24. The number of aromatic nitrogens is 3. The molecule has 2 heterocycles. The topological polar surface area (TPSA) is 33.6 Å². The van der Waals surface area contributed by atoms with Crippen molar-refractivity contribution in [2.24, 2.45) is 0 Å². The van der Waals surface area contributed by atoms with Crippen molar-refractivity contribution in [1.82, 2.24) is 14.5 Å². The summed E-state index contributed by atoms with van der Waals surface area (Å²) in [6, 6.07) is 5.75. The number of fused-ring (bicyclic) bond motifs is 1. The summed E-state index contributed by atoms with van der Waals surface area (Å²) in [4.78, 5) is 8.38. The summed E-state index contributed by atoms with van der Waals surface area (Å²) >= 11 is 13.1. The second-order valence-corrected chi connectivity index (χ2v) is 5.38. The van der Waals surface area contributed by atoms with E-state index in [2.05, 4.69) is 9.97 Å². The van der Waals surface area contributed by atoms with Crippen molar-refractivity contribution in [3.8, 4) is 0 Å². The smallest absolute Gasteiger partial charge is 0.178 e. The zero-order valence-corrected chi connectivity index (χ0v) is 11.1. The number of halogens is 1. The van der Waals surface area contributed by atoms with Gasteiger partial charge in [-0.3, -0.25) is 4.98 Å². The minimum Gasteiger partial charge on any atom is -0.331 e. The SMILES string of the molecule is S=c1[nH]c2cccc(Cl)c2n1Cc1cncs1. The molecule has 0 saturated heterocycles. The number of nitrogens with one attached hydrogen (secondary N) is 1. The molecular weight excluding hydrogens is 274 g/mol. The van der Waals surface area contributed by atoms with Gasteiger partial charge in [0.2, 0.25) is 0 Å². The van der Waals surface area contributed by atoms with Crippen LogP contribution in [-0.2, 0) is 6.54 Å². The molecule has 6 heteroatoms. The van der Waals surface area contributed by atoms with Crippen molar-refractivity contribution < 1.29 is 0 Å². The van der Waals surface area contributed by atoms with Gasteiger partial charge in [-0.05, 0) is 24.4 Å². The molecule has 0 unspecified atom stereocenters. The summed E-state index contributed by atoms with van der Waals surface area (Å²) in [6.07, 6.45) is 1.85. The lowest BCUT2D eigenvalue weighted by Gasteiger charge is -2.03. The van der Waals surface area contributed by atoms with Crippen LogP contribution in [0.3, 0.4) is 0 Å². The molecule has 86 valence electrons. The number of hydrogen-bond acceptors (Lipinski definition) is 3. The molecule has 2 aromatic heterocycles. The maximum absolute atomic E-state index is 6.22. The summed E-state index contributed by atoms with van der Waals surface area (Å²) < 4.78 is 2.68. The van der Waals surface area contributed by atoms with E-state index in [-0.39, 0.29) is 0 Å². The summed E-state index contributed by atoms with van der Waals surface area (Å²) in [7, 11) is 0. The standard InChI is InChI=1S/C11H8ClN3S2/c12-8-2-1-3-9-10(8)15(11(16)14-9)5-7-4-13-6-17-7/h1-4,6H,5H2,(H,14,16). The predicted molar refractivity (Wildman–Crippen MR) is 73.3 cm³/mol. The molecule has 0 radical (unpaired) electrons. The fourth-order valence-corrected chi connectivity index (χ4v) is 2.93. The van der Waals surface area contributed by atoms with Crippen molar-refractivity contribution in [2.75, 3.05) is 0 Å². The van der Waals surface area contributed by atoms with E-state index in [1.165, 1.54) is 0 Å². The summed E-state index contributed by atoms with van der Waals surface area (Å²) in [5.41, 5.74) is 3.73. The molecule has 0 saturated carbocycles. The normalized spacial score (nSPS) is 11.1. The number of imidazole rings is 1. The van der Waals surface area contributed by atoms with Gasteiger partial charge in [0.25, 0.3) is 0 Å². The number of para-hydroxylation sites is 1. The van der Waals surface area contributed by atoms with E-state index in [1.54, 1.807) is 11.3 Å². The molecule has 0 atom stereocenters. The Labute approximate surface area is 112 Å². The van der Waals surface area contributed by atoms with Crippen molar-refractivity contribution in [1.29, 1.82) is 0 Å². The van der Waals surface area contributed by atoms with E-state index in [1.807, 2.05) is 34.5 Å². The first-order valence-electron chi connectivity index (χ1n) is 5.00. The van der Waals surface area contributed by atoms with Crippen LogP contribution in [0.2, 0.25) is 5.02 Å². The summed E-state index contributed by atoms with van der Waals surface area (Å²) in [6.45, 7) is 0.702. The lowest BCUT2D eigenvalue weighted by atomic mass is 10.3. The van der Waals surface area contributed by atoms with Crippen LogP contribution in [0.25, 0.3) is 11.0 Å². The Balaban J connectivity index is 2.21. The number of aromatic amines is 1. The van der Waals surface area contributed by atoms with Crippen LogP contribution in [0.5, 0.6) is 0 Å². The van der Waals surface area contributed by atoms with E-state index < -0.39 is 0 Å². The van der Waals surface area contributed by atoms with Crippen molar-refractivity contribution in [3.05, 3.63) is 44.6 Å². The van der Waals surface area contributed by atoms with Crippen LogP contribution in [0.4, 0.5) is 0 Å². The van der Waals surface area contributed by atoms with Gasteiger partial charge in [-0.2, -0.15) is 0 Å². The Morgan fingerprint density at radius 3 is 3.12 bits per heavy atom. The molecule has 1 N–H and O–H groups in total. The zero-order chi connectivity index (χ0) is 11.8. The first-order chi connectivity index (χ1) is 8.25. The summed E-state index contributed by atoms with van der Waals surface area (Å²) in [5.74, 6) is 0. The third-order valence-corrected chi connectivity index (χ3v) is 3.93. The van der Waals surface area contributed by atoms with Gasteiger partial charge in [0, 0.05) is 11.1 Å². The highest BCUT2D eigenvalue weighted by atomic mass is 35.5. The van der Waals surface area contributed by atoms with E-state index >= 15 is 0 Å². The Hall–Kier alpha value is -1.17. The largest absolute Gasteiger partial charge is 0.331 e. The summed E-state index contributed by atoms with van der Waals surface area (Å²) in [5, 5.41) is 0.708. The molecule has 3 rings (SSSR count). The molecule has 0 bridgehead atoms. The molecule has 0 spiro atoms. The van der Waals surface area contributed by atoms with Crippen molar-refractivity contribution >= 4 is 46.2 Å². The minimum atomic E-state index is 0.682. The van der Waals surface area contributed by atoms with Gasteiger partial charge in [0.1, 0.15) is 0 Å². The monoisotopic (exact) mass is 281 g/mol. The molecule has 0 aliphatic heterocycles. The molecule has 3 nitrogen and oxygen atoms in total. The van der Waals surface area contributed by atoms with Crippen LogP contribution in [0.1, 0.15) is 4.88 Å². The third-order valence-electron chi connectivity index (χ3n) is 2.54. The Morgan fingerprint density at radius 2 is 2.35 bits per heavy atom. The number of thiazole rings is 1. The predicted octanol–water partition coefficient (Wildman–Crippen LogP) is 3.86. The Kier molecular flexibility index (Phi) is 2.74. The third kappa shape index (κ3) is 1.90. The van der Waals surface area contributed by atoms with Gasteiger partial charge < -0.3 is 9.55 Å². The lowest BCUT2D eigenvalue weighted by molar-refractivity contribution is 0.821. The second-order valence-electron chi connectivity index (χ2n) is 3.62. The number of benzene rings is 1. The lowest BCUT2D eigenvalue weighted by Crippen LogP contribution is -1.97. The van der Waals surface area contributed by atoms with Gasteiger partial charge in [-0.15, -0.1) is 11.3 Å². The van der Waals surface area contributed by atoms with Gasteiger partial charge >= 0.3 is 0 Å². The van der Waals surface area contributed by atoms with Gasteiger partial charge in [0.15, 0.2) is 4.77 Å². The second kappa shape index (κ2) is 4.25. The van der Waals surface area contributed by atoms with Crippen LogP contribution >= 0.6 is 35.2 Å². The van der Waals surface area contributed by atoms with Crippen molar-refractivity contribution in [2.45, 2.75) is 6.54 Å². The average Bonchev–Trinajstić information content (AvgIpc) is 2.89. The molecule has 0 fully saturated rings. The first kappa shape index (κ1) is 11.0. The van der Waals surface area contributed by atoms with Crippen LogP contribution in [0.15, 0.2) is 29.9 Å². The van der Waals surface area contributed by atoms with Crippen LogP contribution in [-0.4, -0.2) is 14.5 Å². The molecular formula is C11H8ClN3S2. The molecule has 1 aromatic carbocycles. The molecule has 0 amide bonds. The zero-order valence-electron chi connectivity index (χ0n) is 8.68. The number of hydrogen-bond donors (Lipinski definition) is 1. The first-order valence-corrected chi connectivity index (χ1v) is 6.66. The molecule has 0 aliphatic rings. The molecule has 0 aliphatic carbocycles. The van der Waals surface area contributed by atoms with E-state index in [9.17, 15) is 0 Å². The highest BCUT2D eigenvalue weighted by Gasteiger charge is 2.08. The molecule has 17 heavy (non-hydrogen) atoms. The van der Waals surface area contributed by atoms with Gasteiger partial charge in [-0.25, -0.2) is 0 Å². The van der Waals surface area contributed by atoms with Gasteiger partial charge in [-0.1, -0.05) is 17.7 Å². The maximum atomic E-state index is 6.22. The Bertz CT molecular complexity index is 712. The quantitative estimate of drug-likeness (QED) is 0.724. The van der Waals surface area contributed by atoms with Crippen molar-refractivity contribution in [3.63, 3.8) is 0 Å². The van der Waals surface area contributed by atoms with E-state index in [0.29, 0.717) is 16.3 Å². The average molecular weight is 282 g/mol. The maximum Gasteiger partial charge on any atom is 0.178 e.